The molecule has 0 radical (unpaired) electrons. The predicted molar refractivity (Wildman–Crippen MR) is 59.2 cm³/mol. The molecule has 1 aliphatic rings. The first-order chi connectivity index (χ1) is 7.66. The minimum atomic E-state index is -0.406. The molecule has 1 fully saturated rings. The number of nitrogens with zero attached hydrogens (tertiary/aromatic N) is 1. The van der Waals surface area contributed by atoms with Gasteiger partial charge in [0.15, 0.2) is 0 Å². The van der Waals surface area contributed by atoms with Crippen molar-refractivity contribution in [3.63, 3.8) is 0 Å². The Kier molecular flexibility index (Phi) is 3.21. The van der Waals surface area contributed by atoms with Crippen molar-refractivity contribution < 1.29 is 14.7 Å². The second-order valence-electron chi connectivity index (χ2n) is 3.61. The van der Waals surface area contributed by atoms with Gasteiger partial charge in [-0.15, -0.1) is 11.3 Å². The van der Waals surface area contributed by atoms with Crippen LogP contribution < -0.4 is 5.32 Å². The molecule has 2 N–H and O–H groups in total. The Balaban J connectivity index is 1.75. The minimum Gasteiger partial charge on any atom is -0.389 e. The SMILES string of the molecule is O=C(NCC(=O)N1CC(O)C1)c1cccs1. The van der Waals surface area contributed by atoms with Crippen molar-refractivity contribution in [1.29, 1.82) is 0 Å². The van der Waals surface area contributed by atoms with E-state index in [1.54, 1.807) is 12.1 Å². The van der Waals surface area contributed by atoms with Crippen molar-refractivity contribution in [3.8, 4) is 0 Å². The molecule has 2 heterocycles. The van der Waals surface area contributed by atoms with Gasteiger partial charge in [0.1, 0.15) is 0 Å². The third-order valence-electron chi connectivity index (χ3n) is 2.36. The van der Waals surface area contributed by atoms with Crippen molar-refractivity contribution in [1.82, 2.24) is 10.2 Å². The van der Waals surface area contributed by atoms with Crippen LogP contribution in [0.2, 0.25) is 0 Å². The van der Waals surface area contributed by atoms with E-state index in [0.717, 1.165) is 0 Å². The Hall–Kier alpha value is -1.40. The summed E-state index contributed by atoms with van der Waals surface area (Å²) in [5.74, 6) is -0.389. The lowest BCUT2D eigenvalue weighted by molar-refractivity contribution is -0.140. The van der Waals surface area contributed by atoms with Crippen molar-refractivity contribution in [2.75, 3.05) is 19.6 Å². The normalized spacial score (nSPS) is 15.7. The third-order valence-corrected chi connectivity index (χ3v) is 3.23. The van der Waals surface area contributed by atoms with Crippen LogP contribution in [0.3, 0.4) is 0 Å². The number of carbonyl (C=O) groups is 2. The van der Waals surface area contributed by atoms with Crippen LogP contribution in [0.4, 0.5) is 0 Å². The molecule has 6 heteroatoms. The maximum Gasteiger partial charge on any atom is 0.261 e. The van der Waals surface area contributed by atoms with E-state index in [0.29, 0.717) is 18.0 Å². The van der Waals surface area contributed by atoms with Gasteiger partial charge in [-0.2, -0.15) is 0 Å². The number of amides is 2. The van der Waals surface area contributed by atoms with Gasteiger partial charge in [0.25, 0.3) is 5.91 Å². The Bertz CT molecular complexity index is 385. The molecule has 0 atom stereocenters. The van der Waals surface area contributed by atoms with E-state index in [1.807, 2.05) is 5.38 Å². The fraction of sp³-hybridized carbons (Fsp3) is 0.400. The standard InChI is InChI=1S/C10H12N2O3S/c13-7-5-12(6-7)9(14)4-11-10(15)8-2-1-3-16-8/h1-3,7,13H,4-6H2,(H,11,15). The highest BCUT2D eigenvalue weighted by atomic mass is 32.1. The summed E-state index contributed by atoms with van der Waals surface area (Å²) in [6, 6.07) is 3.49. The van der Waals surface area contributed by atoms with Crippen LogP contribution in [-0.2, 0) is 4.79 Å². The monoisotopic (exact) mass is 240 g/mol. The lowest BCUT2D eigenvalue weighted by atomic mass is 10.2. The van der Waals surface area contributed by atoms with Crippen LogP contribution in [0.15, 0.2) is 17.5 Å². The van der Waals surface area contributed by atoms with Gasteiger partial charge in [0, 0.05) is 13.1 Å². The fourth-order valence-electron chi connectivity index (χ4n) is 1.42. The van der Waals surface area contributed by atoms with Crippen LogP contribution >= 0.6 is 11.3 Å². The molecule has 0 aliphatic carbocycles. The highest BCUT2D eigenvalue weighted by molar-refractivity contribution is 7.12. The second-order valence-corrected chi connectivity index (χ2v) is 4.56. The number of aliphatic hydroxyl groups is 1. The first kappa shape index (κ1) is 11.1. The summed E-state index contributed by atoms with van der Waals surface area (Å²) in [6.45, 7) is 0.727. The number of likely N-dealkylation sites (tertiary alicyclic amines) is 1. The molecule has 0 bridgehead atoms. The summed E-state index contributed by atoms with van der Waals surface area (Å²) in [5.41, 5.74) is 0. The smallest absolute Gasteiger partial charge is 0.261 e. The molecule has 16 heavy (non-hydrogen) atoms. The molecular weight excluding hydrogens is 228 g/mol. The first-order valence-electron chi connectivity index (χ1n) is 4.94. The van der Waals surface area contributed by atoms with Crippen molar-refractivity contribution in [3.05, 3.63) is 22.4 Å². The number of carbonyl (C=O) groups excluding carboxylic acids is 2. The van der Waals surface area contributed by atoms with E-state index in [9.17, 15) is 9.59 Å². The quantitative estimate of drug-likeness (QED) is 0.761. The third kappa shape index (κ3) is 2.40. The van der Waals surface area contributed by atoms with Gasteiger partial charge in [0.2, 0.25) is 5.91 Å². The highest BCUT2D eigenvalue weighted by Crippen LogP contribution is 2.09. The number of hydrogen-bond acceptors (Lipinski definition) is 4. The largest absolute Gasteiger partial charge is 0.389 e. The Morgan fingerprint density at radius 3 is 2.88 bits per heavy atom. The Labute approximate surface area is 96.7 Å². The number of rotatable bonds is 3. The summed E-state index contributed by atoms with van der Waals surface area (Å²) in [7, 11) is 0. The average Bonchev–Trinajstić information content (AvgIpc) is 2.74. The molecule has 1 saturated heterocycles. The molecule has 1 aromatic rings. The van der Waals surface area contributed by atoms with Gasteiger partial charge >= 0.3 is 0 Å². The first-order valence-corrected chi connectivity index (χ1v) is 5.82. The fourth-order valence-corrected chi connectivity index (χ4v) is 2.06. The minimum absolute atomic E-state index is 0.0105. The molecule has 0 aromatic carbocycles. The summed E-state index contributed by atoms with van der Waals surface area (Å²) < 4.78 is 0. The van der Waals surface area contributed by atoms with Crippen LogP contribution in [0, 0.1) is 0 Å². The topological polar surface area (TPSA) is 69.6 Å². The summed E-state index contributed by atoms with van der Waals surface area (Å²) in [4.78, 5) is 25.0. The summed E-state index contributed by atoms with van der Waals surface area (Å²) in [6.07, 6.45) is -0.406. The molecule has 0 saturated carbocycles. The Morgan fingerprint density at radius 1 is 1.56 bits per heavy atom. The molecule has 0 unspecified atom stereocenters. The van der Waals surface area contributed by atoms with Crippen LogP contribution in [0.5, 0.6) is 0 Å². The molecule has 1 aliphatic heterocycles. The van der Waals surface area contributed by atoms with Crippen molar-refractivity contribution in [2.45, 2.75) is 6.10 Å². The van der Waals surface area contributed by atoms with Crippen molar-refractivity contribution in [2.24, 2.45) is 0 Å². The highest BCUT2D eigenvalue weighted by Gasteiger charge is 2.28. The van der Waals surface area contributed by atoms with Crippen LogP contribution in [0.25, 0.3) is 0 Å². The number of thiophene rings is 1. The number of β-amino-alcohol motifs (C(OH)–C–C–N with tert-alkyl or cyclic N) is 1. The van der Waals surface area contributed by atoms with Gasteiger partial charge in [-0.25, -0.2) is 0 Å². The van der Waals surface area contributed by atoms with Gasteiger partial charge < -0.3 is 15.3 Å². The number of aliphatic hydroxyl groups excluding tert-OH is 1. The molecule has 0 spiro atoms. The maximum absolute atomic E-state index is 11.5. The van der Waals surface area contributed by atoms with Gasteiger partial charge in [-0.05, 0) is 11.4 Å². The van der Waals surface area contributed by atoms with E-state index in [-0.39, 0.29) is 18.4 Å². The zero-order chi connectivity index (χ0) is 11.5. The lowest BCUT2D eigenvalue weighted by Gasteiger charge is -2.35. The number of hydrogen-bond donors (Lipinski definition) is 2. The molecular formula is C10H12N2O3S. The molecule has 86 valence electrons. The molecule has 2 rings (SSSR count). The van der Waals surface area contributed by atoms with Gasteiger partial charge in [-0.1, -0.05) is 6.07 Å². The maximum atomic E-state index is 11.5. The molecule has 2 amide bonds. The van der Waals surface area contributed by atoms with E-state index in [4.69, 9.17) is 5.11 Å². The van der Waals surface area contributed by atoms with E-state index in [2.05, 4.69) is 5.32 Å². The van der Waals surface area contributed by atoms with Crippen molar-refractivity contribution >= 4 is 23.2 Å². The zero-order valence-electron chi connectivity index (χ0n) is 8.55. The zero-order valence-corrected chi connectivity index (χ0v) is 9.37. The predicted octanol–water partition coefficient (Wildman–Crippen LogP) is -0.319. The average molecular weight is 240 g/mol. The molecule has 1 aromatic heterocycles. The van der Waals surface area contributed by atoms with E-state index < -0.39 is 6.10 Å². The van der Waals surface area contributed by atoms with Crippen LogP contribution in [-0.4, -0.2) is 47.6 Å². The Morgan fingerprint density at radius 2 is 2.31 bits per heavy atom. The number of nitrogens with one attached hydrogen (secondary N) is 1. The molecule has 5 nitrogen and oxygen atoms in total. The summed E-state index contributed by atoms with van der Waals surface area (Å²) in [5, 5.41) is 13.4. The lowest BCUT2D eigenvalue weighted by Crippen LogP contribution is -2.55. The van der Waals surface area contributed by atoms with E-state index in [1.165, 1.54) is 16.2 Å². The van der Waals surface area contributed by atoms with E-state index >= 15 is 0 Å². The second kappa shape index (κ2) is 4.63. The summed E-state index contributed by atoms with van der Waals surface area (Å²) >= 11 is 1.33. The van der Waals surface area contributed by atoms with Gasteiger partial charge in [-0.3, -0.25) is 9.59 Å². The van der Waals surface area contributed by atoms with Crippen LogP contribution in [0.1, 0.15) is 9.67 Å². The van der Waals surface area contributed by atoms with Gasteiger partial charge in [0.05, 0.1) is 17.5 Å².